The van der Waals surface area contributed by atoms with Crippen LogP contribution >= 0.6 is 0 Å². The largest absolute Gasteiger partial charge is 0.394 e. The lowest BCUT2D eigenvalue weighted by Crippen LogP contribution is -2.39. The van der Waals surface area contributed by atoms with E-state index in [4.69, 9.17) is 5.11 Å². The summed E-state index contributed by atoms with van der Waals surface area (Å²) < 4.78 is 1.83. The molecule has 2 rings (SSSR count). The van der Waals surface area contributed by atoms with Crippen molar-refractivity contribution in [1.82, 2.24) is 14.9 Å². The van der Waals surface area contributed by atoms with E-state index < -0.39 is 0 Å². The van der Waals surface area contributed by atoms with Crippen LogP contribution in [0.2, 0.25) is 0 Å². The molecule has 2 N–H and O–H groups in total. The Labute approximate surface area is 105 Å². The summed E-state index contributed by atoms with van der Waals surface area (Å²) in [5.41, 5.74) is 1.80. The van der Waals surface area contributed by atoms with E-state index in [1.165, 1.54) is 0 Å². The van der Waals surface area contributed by atoms with Crippen LogP contribution in [0.4, 0.5) is 0 Å². The van der Waals surface area contributed by atoms with Gasteiger partial charge in [0.15, 0.2) is 0 Å². The average molecular weight is 247 g/mol. The molecule has 0 aliphatic carbocycles. The third kappa shape index (κ3) is 2.36. The van der Waals surface area contributed by atoms with Gasteiger partial charge in [0.1, 0.15) is 6.04 Å². The summed E-state index contributed by atoms with van der Waals surface area (Å²) in [5.74, 6) is -0.125. The number of carbonyl (C=O) groups is 1. The van der Waals surface area contributed by atoms with Crippen LogP contribution in [0.15, 0.2) is 30.6 Å². The zero-order valence-electron chi connectivity index (χ0n) is 10.5. The van der Waals surface area contributed by atoms with Crippen LogP contribution in [0.5, 0.6) is 0 Å². The summed E-state index contributed by atoms with van der Waals surface area (Å²) in [6.45, 7) is 3.51. The summed E-state index contributed by atoms with van der Waals surface area (Å²) in [7, 11) is 0. The second-order valence-electron chi connectivity index (χ2n) is 4.41. The zero-order chi connectivity index (χ0) is 13.1. The fraction of sp³-hybridized carbons (Fsp3) is 0.385. The van der Waals surface area contributed by atoms with Gasteiger partial charge in [-0.15, -0.1) is 0 Å². The predicted octanol–water partition coefficient (Wildman–Crippen LogP) is 1.09. The monoisotopic (exact) mass is 247 g/mol. The molecule has 0 aliphatic heterocycles. The maximum Gasteiger partial charge on any atom is 0.243 e. The van der Waals surface area contributed by atoms with Gasteiger partial charge in [0.2, 0.25) is 5.91 Å². The zero-order valence-corrected chi connectivity index (χ0v) is 10.5. The van der Waals surface area contributed by atoms with Crippen molar-refractivity contribution < 1.29 is 9.90 Å². The summed E-state index contributed by atoms with van der Waals surface area (Å²) in [4.78, 5) is 16.2. The van der Waals surface area contributed by atoms with Crippen LogP contribution in [-0.4, -0.2) is 33.2 Å². The molecule has 0 bridgehead atoms. The van der Waals surface area contributed by atoms with Crippen molar-refractivity contribution in [3.05, 3.63) is 30.6 Å². The molecule has 18 heavy (non-hydrogen) atoms. The van der Waals surface area contributed by atoms with Crippen molar-refractivity contribution in [2.45, 2.75) is 25.9 Å². The number of hydrogen-bond donors (Lipinski definition) is 2. The lowest BCUT2D eigenvalue weighted by atomic mass is 10.2. The molecule has 2 aromatic rings. The van der Waals surface area contributed by atoms with E-state index in [1.807, 2.05) is 35.8 Å². The van der Waals surface area contributed by atoms with Crippen LogP contribution in [0.25, 0.3) is 11.0 Å². The Morgan fingerprint density at radius 1 is 1.44 bits per heavy atom. The van der Waals surface area contributed by atoms with Gasteiger partial charge < -0.3 is 15.0 Å². The lowest BCUT2D eigenvalue weighted by Gasteiger charge is -2.17. The molecular weight excluding hydrogens is 230 g/mol. The van der Waals surface area contributed by atoms with Gasteiger partial charge >= 0.3 is 0 Å². The van der Waals surface area contributed by atoms with E-state index in [1.54, 1.807) is 13.3 Å². The topological polar surface area (TPSA) is 67.2 Å². The molecule has 0 spiro atoms. The highest BCUT2D eigenvalue weighted by molar-refractivity contribution is 5.83. The normalized spacial score (nSPS) is 14.4. The fourth-order valence-electron chi connectivity index (χ4n) is 1.82. The maximum atomic E-state index is 12.0. The number of amides is 1. The molecule has 2 unspecified atom stereocenters. The van der Waals surface area contributed by atoms with Gasteiger partial charge in [-0.25, -0.2) is 4.98 Å². The Morgan fingerprint density at radius 2 is 2.17 bits per heavy atom. The number of fused-ring (bicyclic) bond motifs is 1. The van der Waals surface area contributed by atoms with E-state index >= 15 is 0 Å². The Kier molecular flexibility index (Phi) is 3.62. The molecule has 5 nitrogen and oxygen atoms in total. The maximum absolute atomic E-state index is 12.0. The van der Waals surface area contributed by atoms with Crippen LogP contribution in [0.3, 0.4) is 0 Å². The number of benzene rings is 1. The second-order valence-corrected chi connectivity index (χ2v) is 4.41. The second kappa shape index (κ2) is 5.18. The molecule has 1 amide bonds. The van der Waals surface area contributed by atoms with Gasteiger partial charge in [-0.05, 0) is 26.0 Å². The van der Waals surface area contributed by atoms with Gasteiger partial charge in [0.05, 0.1) is 24.0 Å². The minimum atomic E-state index is -0.355. The molecular formula is C13H17N3O2. The van der Waals surface area contributed by atoms with Crippen molar-refractivity contribution in [3.63, 3.8) is 0 Å². The van der Waals surface area contributed by atoms with Crippen LogP contribution in [0, 0.1) is 0 Å². The number of carbonyl (C=O) groups excluding carboxylic acids is 1. The molecule has 0 aliphatic rings. The number of imidazole rings is 1. The van der Waals surface area contributed by atoms with Crippen molar-refractivity contribution in [2.75, 3.05) is 6.61 Å². The highest BCUT2D eigenvalue weighted by atomic mass is 16.3. The van der Waals surface area contributed by atoms with E-state index in [9.17, 15) is 4.79 Å². The number of aliphatic hydroxyl groups is 1. The summed E-state index contributed by atoms with van der Waals surface area (Å²) in [5, 5.41) is 11.7. The summed E-state index contributed by atoms with van der Waals surface area (Å²) in [6.07, 6.45) is 1.67. The minimum absolute atomic E-state index is 0.0663. The predicted molar refractivity (Wildman–Crippen MR) is 69.1 cm³/mol. The highest BCUT2D eigenvalue weighted by Gasteiger charge is 2.18. The van der Waals surface area contributed by atoms with Crippen molar-refractivity contribution >= 4 is 16.9 Å². The summed E-state index contributed by atoms with van der Waals surface area (Å²) >= 11 is 0. The Morgan fingerprint density at radius 3 is 2.89 bits per heavy atom. The number of para-hydroxylation sites is 2. The van der Waals surface area contributed by atoms with Crippen molar-refractivity contribution in [1.29, 1.82) is 0 Å². The van der Waals surface area contributed by atoms with Gasteiger partial charge in [-0.3, -0.25) is 4.79 Å². The van der Waals surface area contributed by atoms with Gasteiger partial charge in [-0.1, -0.05) is 12.1 Å². The molecule has 0 saturated carbocycles. The highest BCUT2D eigenvalue weighted by Crippen LogP contribution is 2.17. The molecule has 2 atom stereocenters. The van der Waals surface area contributed by atoms with Crippen LogP contribution in [0.1, 0.15) is 19.9 Å². The smallest absolute Gasteiger partial charge is 0.243 e. The molecule has 0 fully saturated rings. The average Bonchev–Trinajstić information content (AvgIpc) is 2.81. The Balaban J connectivity index is 2.23. The first-order chi connectivity index (χ1) is 8.63. The molecule has 1 aromatic carbocycles. The van der Waals surface area contributed by atoms with Crippen LogP contribution in [-0.2, 0) is 4.79 Å². The number of nitrogens with zero attached hydrogens (tertiary/aromatic N) is 2. The number of hydrogen-bond acceptors (Lipinski definition) is 3. The SMILES string of the molecule is CC(CO)NC(=O)C(C)n1cnc2ccccc21. The third-order valence-electron chi connectivity index (χ3n) is 2.94. The van der Waals surface area contributed by atoms with Crippen molar-refractivity contribution in [2.24, 2.45) is 0 Å². The quantitative estimate of drug-likeness (QED) is 0.850. The number of rotatable bonds is 4. The van der Waals surface area contributed by atoms with Gasteiger partial charge in [-0.2, -0.15) is 0 Å². The molecule has 0 radical (unpaired) electrons. The Bertz CT molecular complexity index is 550. The fourth-order valence-corrected chi connectivity index (χ4v) is 1.82. The number of aliphatic hydroxyl groups excluding tert-OH is 1. The molecule has 1 aromatic heterocycles. The van der Waals surface area contributed by atoms with E-state index in [0.717, 1.165) is 11.0 Å². The molecule has 0 saturated heterocycles. The molecule has 96 valence electrons. The van der Waals surface area contributed by atoms with Crippen LogP contribution < -0.4 is 5.32 Å². The third-order valence-corrected chi connectivity index (χ3v) is 2.94. The lowest BCUT2D eigenvalue weighted by molar-refractivity contribution is -0.124. The summed E-state index contributed by atoms with van der Waals surface area (Å²) in [6, 6.07) is 7.08. The first-order valence-corrected chi connectivity index (χ1v) is 5.96. The van der Waals surface area contributed by atoms with Gasteiger partial charge in [0.25, 0.3) is 0 Å². The Hall–Kier alpha value is -1.88. The van der Waals surface area contributed by atoms with Crippen molar-refractivity contribution in [3.8, 4) is 0 Å². The van der Waals surface area contributed by atoms with E-state index in [-0.39, 0.29) is 24.6 Å². The molecule has 5 heteroatoms. The van der Waals surface area contributed by atoms with Gasteiger partial charge in [0, 0.05) is 6.04 Å². The van der Waals surface area contributed by atoms with E-state index in [2.05, 4.69) is 10.3 Å². The first-order valence-electron chi connectivity index (χ1n) is 5.96. The number of nitrogens with one attached hydrogen (secondary N) is 1. The molecule has 1 heterocycles. The van der Waals surface area contributed by atoms with E-state index in [0.29, 0.717) is 0 Å². The minimum Gasteiger partial charge on any atom is -0.394 e. The standard InChI is InChI=1S/C13H17N3O2/c1-9(7-17)15-13(18)10(2)16-8-14-11-5-3-4-6-12(11)16/h3-6,8-10,17H,7H2,1-2H3,(H,15,18). The first kappa shape index (κ1) is 12.6. The number of aromatic nitrogens is 2.